The molecule has 0 unspecified atom stereocenters. The fraction of sp³-hybridized carbons (Fsp3) is 0.348. The van der Waals surface area contributed by atoms with E-state index in [2.05, 4.69) is 15.3 Å². The second-order valence-corrected chi connectivity index (χ2v) is 8.24. The topological polar surface area (TPSA) is 81.5 Å². The highest BCUT2D eigenvalue weighted by molar-refractivity contribution is 5.98. The first kappa shape index (κ1) is 25.4. The lowest BCUT2D eigenvalue weighted by Crippen LogP contribution is -2.49. The van der Waals surface area contributed by atoms with Crippen LogP contribution in [0, 0.1) is 11.6 Å². The fourth-order valence-corrected chi connectivity index (χ4v) is 4.24. The highest BCUT2D eigenvalue weighted by atomic mass is 19.4. The molecular formula is C23H22F5N5O3. The number of pyridine rings is 1. The first-order valence-corrected chi connectivity index (χ1v) is 10.7. The van der Waals surface area contributed by atoms with Gasteiger partial charge in [0.2, 0.25) is 11.7 Å². The molecule has 3 aromatic rings. The first-order chi connectivity index (χ1) is 17.0. The summed E-state index contributed by atoms with van der Waals surface area (Å²) in [4.78, 5) is 22.7. The van der Waals surface area contributed by atoms with Crippen LogP contribution in [-0.2, 0) is 16.6 Å². The molecule has 13 heteroatoms. The van der Waals surface area contributed by atoms with E-state index in [1.54, 1.807) is 24.0 Å². The van der Waals surface area contributed by atoms with Crippen molar-refractivity contribution >= 4 is 17.3 Å². The van der Waals surface area contributed by atoms with Crippen LogP contribution in [-0.4, -0.2) is 59.0 Å². The lowest BCUT2D eigenvalue weighted by molar-refractivity contribution is -0.261. The van der Waals surface area contributed by atoms with E-state index in [-0.39, 0.29) is 11.4 Å². The third-order valence-corrected chi connectivity index (χ3v) is 6.16. The summed E-state index contributed by atoms with van der Waals surface area (Å²) in [7, 11) is 3.69. The predicted molar refractivity (Wildman–Crippen MR) is 120 cm³/mol. The van der Waals surface area contributed by atoms with E-state index in [0.717, 1.165) is 31.3 Å². The number of aryl methyl sites for hydroxylation is 1. The first-order valence-electron chi connectivity index (χ1n) is 10.7. The Morgan fingerprint density at radius 2 is 1.92 bits per heavy atom. The highest BCUT2D eigenvalue weighted by Gasteiger charge is 2.63. The molecular weight excluding hydrogens is 489 g/mol. The van der Waals surface area contributed by atoms with E-state index in [4.69, 9.17) is 9.47 Å². The summed E-state index contributed by atoms with van der Waals surface area (Å²) < 4.78 is 82.0. The molecule has 1 saturated heterocycles. The number of rotatable bonds is 6. The molecule has 4 rings (SSSR count). The number of methoxy groups -OCH3 is 2. The van der Waals surface area contributed by atoms with Gasteiger partial charge in [-0.25, -0.2) is 9.37 Å². The Bertz CT molecular complexity index is 1280. The van der Waals surface area contributed by atoms with Gasteiger partial charge in [-0.3, -0.25) is 9.78 Å². The summed E-state index contributed by atoms with van der Waals surface area (Å²) in [5.74, 6) is -3.56. The van der Waals surface area contributed by atoms with E-state index in [1.165, 1.54) is 18.3 Å². The largest absolute Gasteiger partial charge is 0.491 e. The summed E-state index contributed by atoms with van der Waals surface area (Å²) in [6, 6.07) is 3.34. The molecule has 1 amide bonds. The molecule has 1 fully saturated rings. The molecule has 0 bridgehead atoms. The molecule has 2 atom stereocenters. The van der Waals surface area contributed by atoms with Crippen molar-refractivity contribution in [3.05, 3.63) is 54.5 Å². The van der Waals surface area contributed by atoms with E-state index >= 15 is 0 Å². The molecule has 0 spiro atoms. The molecule has 1 aliphatic rings. The zero-order valence-electron chi connectivity index (χ0n) is 19.4. The Morgan fingerprint density at radius 3 is 2.53 bits per heavy atom. The molecule has 3 heterocycles. The zero-order chi connectivity index (χ0) is 26.3. The van der Waals surface area contributed by atoms with Crippen molar-refractivity contribution < 1.29 is 36.2 Å². The summed E-state index contributed by atoms with van der Waals surface area (Å²) in [5.41, 5.74) is -2.27. The summed E-state index contributed by atoms with van der Waals surface area (Å²) in [5, 5.41) is 2.59. The van der Waals surface area contributed by atoms with Crippen molar-refractivity contribution in [2.24, 2.45) is 7.05 Å². The molecule has 0 radical (unpaired) electrons. The van der Waals surface area contributed by atoms with Crippen LogP contribution in [0.4, 0.5) is 33.3 Å². The summed E-state index contributed by atoms with van der Waals surface area (Å²) in [6.07, 6.45) is -0.967. The quantitative estimate of drug-likeness (QED) is 0.505. The van der Waals surface area contributed by atoms with Crippen molar-refractivity contribution in [3.63, 3.8) is 0 Å². The van der Waals surface area contributed by atoms with Crippen LogP contribution >= 0.6 is 0 Å². The standard InChI is InChI=1S/C23H22F5N5O3/c1-32-9-8-30-20(32)15-10-13(6-7-29-15)31-21(34)17-11-22(36-3,23(26,27)28)12-33(17)16-5-4-14(24)18(25)19(16)35-2/h4-10,17H,11-12H2,1-3H3,(H,29,31,34)/t17-,22+/m0/s1. The Morgan fingerprint density at radius 1 is 1.17 bits per heavy atom. The molecule has 0 aliphatic carbocycles. The number of alkyl halides is 3. The van der Waals surface area contributed by atoms with Gasteiger partial charge in [0.25, 0.3) is 0 Å². The Kier molecular flexibility index (Phi) is 6.60. The number of aromatic nitrogens is 3. The van der Waals surface area contributed by atoms with Gasteiger partial charge in [-0.15, -0.1) is 0 Å². The van der Waals surface area contributed by atoms with E-state index in [9.17, 15) is 26.7 Å². The van der Waals surface area contributed by atoms with E-state index < -0.39 is 54.1 Å². The molecule has 2 aromatic heterocycles. The van der Waals surface area contributed by atoms with Gasteiger partial charge in [0.1, 0.15) is 11.7 Å². The Balaban J connectivity index is 1.72. The number of carbonyl (C=O) groups excluding carboxylic acids is 1. The maximum absolute atomic E-state index is 14.4. The van der Waals surface area contributed by atoms with Crippen LogP contribution < -0.4 is 15.0 Å². The SMILES string of the molecule is COc1c(N2C[C@@](OC)(C(F)(F)F)C[C@H]2C(=O)Nc2ccnc(-c3nccn3C)c2)ccc(F)c1F. The van der Waals surface area contributed by atoms with Gasteiger partial charge in [0.05, 0.1) is 19.3 Å². The average Bonchev–Trinajstić information content (AvgIpc) is 3.45. The van der Waals surface area contributed by atoms with Crippen molar-refractivity contribution in [2.45, 2.75) is 24.2 Å². The number of carbonyl (C=O) groups is 1. The van der Waals surface area contributed by atoms with Gasteiger partial charge >= 0.3 is 6.18 Å². The second kappa shape index (κ2) is 9.37. The third-order valence-electron chi connectivity index (χ3n) is 6.16. The maximum Gasteiger partial charge on any atom is 0.419 e. The van der Waals surface area contributed by atoms with Gasteiger partial charge in [0.15, 0.2) is 23.0 Å². The normalized spacial score (nSPS) is 20.0. The number of nitrogens with zero attached hydrogens (tertiary/aromatic N) is 4. The smallest absolute Gasteiger partial charge is 0.419 e. The maximum atomic E-state index is 14.4. The molecule has 1 aliphatic heterocycles. The average molecular weight is 511 g/mol. The Hall–Kier alpha value is -3.74. The number of nitrogens with one attached hydrogen (secondary N) is 1. The van der Waals surface area contributed by atoms with Gasteiger partial charge < -0.3 is 24.3 Å². The minimum absolute atomic E-state index is 0.219. The fourth-order valence-electron chi connectivity index (χ4n) is 4.24. The number of hydrogen-bond donors (Lipinski definition) is 1. The monoisotopic (exact) mass is 511 g/mol. The summed E-state index contributed by atoms with van der Waals surface area (Å²) >= 11 is 0. The van der Waals surface area contributed by atoms with Crippen LogP contribution in [0.3, 0.4) is 0 Å². The van der Waals surface area contributed by atoms with Gasteiger partial charge in [-0.1, -0.05) is 0 Å². The van der Waals surface area contributed by atoms with Gasteiger partial charge in [0, 0.05) is 44.9 Å². The van der Waals surface area contributed by atoms with E-state index in [0.29, 0.717) is 11.5 Å². The molecule has 1 aromatic carbocycles. The van der Waals surface area contributed by atoms with Crippen LogP contribution in [0.15, 0.2) is 42.9 Å². The van der Waals surface area contributed by atoms with Crippen LogP contribution in [0.1, 0.15) is 6.42 Å². The zero-order valence-corrected chi connectivity index (χ0v) is 19.4. The van der Waals surface area contributed by atoms with Crippen molar-refractivity contribution in [2.75, 3.05) is 31.0 Å². The van der Waals surface area contributed by atoms with Gasteiger partial charge in [-0.2, -0.15) is 17.6 Å². The predicted octanol–water partition coefficient (Wildman–Crippen LogP) is 3.93. The molecule has 8 nitrogen and oxygen atoms in total. The number of imidazole rings is 1. The van der Waals surface area contributed by atoms with Crippen LogP contribution in [0.5, 0.6) is 5.75 Å². The lowest BCUT2D eigenvalue weighted by atomic mass is 9.99. The highest BCUT2D eigenvalue weighted by Crippen LogP contribution is 2.47. The van der Waals surface area contributed by atoms with E-state index in [1.807, 2.05) is 0 Å². The number of ether oxygens (including phenoxy) is 2. The lowest BCUT2D eigenvalue weighted by Gasteiger charge is -2.31. The van der Waals surface area contributed by atoms with Crippen molar-refractivity contribution in [3.8, 4) is 17.3 Å². The minimum atomic E-state index is -4.86. The summed E-state index contributed by atoms with van der Waals surface area (Å²) in [6.45, 7) is -0.846. The number of anilines is 2. The third kappa shape index (κ3) is 4.34. The number of halogens is 5. The number of benzene rings is 1. The molecule has 0 saturated carbocycles. The van der Waals surface area contributed by atoms with Crippen molar-refractivity contribution in [1.82, 2.24) is 14.5 Å². The van der Waals surface area contributed by atoms with Crippen molar-refractivity contribution in [1.29, 1.82) is 0 Å². The Labute approximate surface area is 202 Å². The molecule has 36 heavy (non-hydrogen) atoms. The second-order valence-electron chi connectivity index (χ2n) is 8.24. The molecule has 1 N–H and O–H groups in total. The van der Waals surface area contributed by atoms with Gasteiger partial charge in [-0.05, 0) is 24.3 Å². The minimum Gasteiger partial charge on any atom is -0.491 e. The van der Waals surface area contributed by atoms with Crippen LogP contribution in [0.25, 0.3) is 11.5 Å². The molecule has 192 valence electrons. The number of hydrogen-bond acceptors (Lipinski definition) is 6. The van der Waals surface area contributed by atoms with Crippen LogP contribution in [0.2, 0.25) is 0 Å². The number of amides is 1.